The van der Waals surface area contributed by atoms with E-state index >= 15 is 0 Å². The van der Waals surface area contributed by atoms with Crippen LogP contribution in [0.15, 0.2) is 0 Å². The molecule has 23 nitrogen and oxygen atoms in total. The summed E-state index contributed by atoms with van der Waals surface area (Å²) >= 11 is 0. The number of carbonyl (C=O) groups is 10. The van der Waals surface area contributed by atoms with Gasteiger partial charge in [0.05, 0.1) is 39.3 Å². The molecule has 23 heteroatoms. The van der Waals surface area contributed by atoms with Gasteiger partial charge >= 0.3 is 0 Å². The molecule has 0 aromatic carbocycles. The number of unbranched alkanes of at least 4 members (excludes halogenated alkanes) is 1. The summed E-state index contributed by atoms with van der Waals surface area (Å²) in [7, 11) is 0. The smallest absolute Gasteiger partial charge is 0.245 e. The summed E-state index contributed by atoms with van der Waals surface area (Å²) in [4.78, 5) is 121. The van der Waals surface area contributed by atoms with Crippen LogP contribution in [0.5, 0.6) is 0 Å². The number of aliphatic hydroxyl groups excluding tert-OH is 2. The minimum absolute atomic E-state index is 0.0588. The highest BCUT2D eigenvalue weighted by Crippen LogP contribution is 2.39. The molecule has 17 N–H and O–H groups in total. The number of nitrogens with one attached hydrogen (secondary N) is 7. The molecule has 58 heavy (non-hydrogen) atoms. The van der Waals surface area contributed by atoms with E-state index in [9.17, 15) is 58.2 Å². The highest BCUT2D eigenvalue weighted by Gasteiger charge is 2.36. The Bertz CT molecular complexity index is 1440. The van der Waals surface area contributed by atoms with Crippen molar-refractivity contribution in [2.75, 3.05) is 39.4 Å². The standard InChI is InChI=1S/C33H60N10O11.C2H5NO/c1-18(2)32(3,4)17-33(5,6)31(54)37-10-8-7-9-19(27(50)39-14-26(49)41-21(15-44)28(51)38-13-24(36)47)42-29(52)20(11-23(35)46)43-30(53)22(16-45)40-25(48)12-34;1-2(3)4/h18-22,44-45H,7-17,34H2,1-6H3,(H2,35,46)(H2,36,47)(H,37,54)(H,38,51)(H,39,50)(H,40,48)(H,41,49)(H,42,52)(H,43,53);1H3,(H2,3,4)/t19?,20-,21?,22?;/m1./s1. The van der Waals surface area contributed by atoms with Gasteiger partial charge in [-0.3, -0.25) is 47.9 Å². The van der Waals surface area contributed by atoms with E-state index in [1.807, 2.05) is 13.8 Å². The zero-order chi connectivity index (χ0) is 45.4. The molecule has 332 valence electrons. The van der Waals surface area contributed by atoms with Gasteiger partial charge in [-0.15, -0.1) is 0 Å². The first-order valence-electron chi connectivity index (χ1n) is 18.5. The molecule has 0 aliphatic carbocycles. The van der Waals surface area contributed by atoms with Crippen molar-refractivity contribution in [3.63, 3.8) is 0 Å². The zero-order valence-corrected chi connectivity index (χ0v) is 34.5. The van der Waals surface area contributed by atoms with E-state index in [2.05, 4.69) is 70.6 Å². The maximum Gasteiger partial charge on any atom is 0.245 e. The molecule has 0 saturated heterocycles. The third kappa shape index (κ3) is 23.6. The van der Waals surface area contributed by atoms with Crippen LogP contribution >= 0.6 is 0 Å². The third-order valence-electron chi connectivity index (χ3n) is 8.67. The molecule has 0 aromatic heterocycles. The SMILES string of the molecule is CC(C)C(C)(C)CC(C)(C)C(=O)NCCCCC(NC(=O)[C@@H](CC(N)=O)NC(=O)C(CO)NC(=O)CN)C(=O)NCC(=O)NC(CO)C(=O)NCC(N)=O.CC(N)=O. The molecule has 0 fully saturated rings. The zero-order valence-electron chi connectivity index (χ0n) is 34.5. The summed E-state index contributed by atoms with van der Waals surface area (Å²) in [5, 5.41) is 35.3. The van der Waals surface area contributed by atoms with Crippen LogP contribution in [0.25, 0.3) is 0 Å². The Morgan fingerprint density at radius 2 is 1.07 bits per heavy atom. The van der Waals surface area contributed by atoms with Gasteiger partial charge in [-0.05, 0) is 37.0 Å². The first-order valence-corrected chi connectivity index (χ1v) is 18.5. The molecule has 3 unspecified atom stereocenters. The van der Waals surface area contributed by atoms with Gasteiger partial charge in [-0.2, -0.15) is 0 Å². The van der Waals surface area contributed by atoms with Crippen molar-refractivity contribution in [2.24, 2.45) is 39.7 Å². The Balaban J connectivity index is 0. The number of aliphatic hydroxyl groups is 2. The van der Waals surface area contributed by atoms with Crippen LogP contribution in [0.4, 0.5) is 0 Å². The molecular weight excluding hydrogens is 766 g/mol. The normalized spacial score (nSPS) is 13.2. The Labute approximate surface area is 338 Å². The largest absolute Gasteiger partial charge is 0.394 e. The van der Waals surface area contributed by atoms with Crippen LogP contribution in [0.1, 0.15) is 80.6 Å². The molecule has 0 saturated carbocycles. The second-order valence-electron chi connectivity index (χ2n) is 15.1. The molecule has 0 aliphatic heterocycles. The van der Waals surface area contributed by atoms with Gasteiger partial charge in [0.15, 0.2) is 0 Å². The van der Waals surface area contributed by atoms with Gasteiger partial charge < -0.3 is 70.4 Å². The number of rotatable bonds is 26. The highest BCUT2D eigenvalue weighted by atomic mass is 16.3. The fraction of sp³-hybridized carbons (Fsp3) is 0.714. The third-order valence-corrected chi connectivity index (χ3v) is 8.67. The molecular formula is C35H65N11O12. The molecule has 0 heterocycles. The molecule has 4 atom stereocenters. The van der Waals surface area contributed by atoms with E-state index in [1.54, 1.807) is 0 Å². The Morgan fingerprint density at radius 1 is 0.603 bits per heavy atom. The molecule has 0 aromatic rings. The van der Waals surface area contributed by atoms with Crippen LogP contribution in [-0.4, -0.2) is 133 Å². The van der Waals surface area contributed by atoms with Gasteiger partial charge in [0, 0.05) is 18.9 Å². The van der Waals surface area contributed by atoms with Crippen molar-refractivity contribution in [1.82, 2.24) is 37.2 Å². The Hall–Kier alpha value is -5.42. The second kappa shape index (κ2) is 27.3. The molecule has 10 amide bonds. The van der Waals surface area contributed by atoms with Gasteiger partial charge in [0.25, 0.3) is 0 Å². The van der Waals surface area contributed by atoms with E-state index in [-0.39, 0.29) is 36.6 Å². The lowest BCUT2D eigenvalue weighted by atomic mass is 9.69. The predicted octanol–water partition coefficient (Wildman–Crippen LogP) is -5.66. The molecule has 0 aliphatic rings. The van der Waals surface area contributed by atoms with E-state index in [4.69, 9.17) is 17.2 Å². The van der Waals surface area contributed by atoms with Crippen LogP contribution in [0, 0.1) is 16.7 Å². The summed E-state index contributed by atoms with van der Waals surface area (Å²) in [6.45, 7) is 10.1. The molecule has 0 bridgehead atoms. The maximum absolute atomic E-state index is 13.4. The van der Waals surface area contributed by atoms with Gasteiger partial charge in [-0.25, -0.2) is 0 Å². The predicted molar refractivity (Wildman–Crippen MR) is 209 cm³/mol. The number of carbonyl (C=O) groups excluding carboxylic acids is 10. The van der Waals surface area contributed by atoms with Crippen molar-refractivity contribution >= 4 is 59.1 Å². The highest BCUT2D eigenvalue weighted by molar-refractivity contribution is 5.97. The first-order chi connectivity index (χ1) is 26.7. The fourth-order valence-electron chi connectivity index (χ4n) is 5.04. The first kappa shape index (κ1) is 54.7. The molecule has 0 spiro atoms. The summed E-state index contributed by atoms with van der Waals surface area (Å²) in [6.07, 6.45) is 0.433. The Kier molecular flexibility index (Phi) is 25.7. The Morgan fingerprint density at radius 3 is 1.55 bits per heavy atom. The quantitative estimate of drug-likeness (QED) is 0.0362. The number of nitrogens with two attached hydrogens (primary N) is 4. The van der Waals surface area contributed by atoms with Crippen LogP contribution in [0.3, 0.4) is 0 Å². The lowest BCUT2D eigenvalue weighted by molar-refractivity contribution is -0.135. The van der Waals surface area contributed by atoms with Crippen molar-refractivity contribution in [2.45, 2.75) is 105 Å². The number of hydrogen-bond acceptors (Lipinski definition) is 13. The second-order valence-corrected chi connectivity index (χ2v) is 15.1. The topological polar surface area (TPSA) is 399 Å². The molecule has 0 radical (unpaired) electrons. The summed E-state index contributed by atoms with van der Waals surface area (Å²) in [5.41, 5.74) is 19.2. The van der Waals surface area contributed by atoms with Gasteiger partial charge in [0.2, 0.25) is 59.1 Å². The van der Waals surface area contributed by atoms with Crippen LogP contribution in [-0.2, 0) is 47.9 Å². The summed E-state index contributed by atoms with van der Waals surface area (Å²) < 4.78 is 0. The van der Waals surface area contributed by atoms with Crippen molar-refractivity contribution in [3.05, 3.63) is 0 Å². The maximum atomic E-state index is 13.4. The van der Waals surface area contributed by atoms with E-state index < -0.39 is 116 Å². The lowest BCUT2D eigenvalue weighted by Crippen LogP contribution is -2.59. The number of hydrogen-bond donors (Lipinski definition) is 13. The fourth-order valence-corrected chi connectivity index (χ4v) is 5.04. The number of primary amides is 3. The summed E-state index contributed by atoms with van der Waals surface area (Å²) in [5.74, 6) is -7.71. The monoisotopic (exact) mass is 831 g/mol. The number of amides is 10. The van der Waals surface area contributed by atoms with Crippen molar-refractivity contribution in [3.8, 4) is 0 Å². The minimum Gasteiger partial charge on any atom is -0.394 e. The van der Waals surface area contributed by atoms with Crippen LogP contribution < -0.4 is 60.2 Å². The summed E-state index contributed by atoms with van der Waals surface area (Å²) in [6, 6.07) is -6.08. The minimum atomic E-state index is -1.67. The van der Waals surface area contributed by atoms with Gasteiger partial charge in [-0.1, -0.05) is 41.5 Å². The van der Waals surface area contributed by atoms with E-state index in [0.717, 1.165) is 0 Å². The van der Waals surface area contributed by atoms with Crippen LogP contribution in [0.2, 0.25) is 0 Å². The van der Waals surface area contributed by atoms with E-state index in [1.165, 1.54) is 6.92 Å². The van der Waals surface area contributed by atoms with Crippen molar-refractivity contribution in [1.29, 1.82) is 0 Å². The van der Waals surface area contributed by atoms with Gasteiger partial charge in [0.1, 0.15) is 24.2 Å². The average molecular weight is 832 g/mol. The molecule has 0 rings (SSSR count). The van der Waals surface area contributed by atoms with Crippen molar-refractivity contribution < 1.29 is 58.2 Å². The van der Waals surface area contributed by atoms with E-state index in [0.29, 0.717) is 18.8 Å². The average Bonchev–Trinajstić information content (AvgIpc) is 3.11. The lowest BCUT2D eigenvalue weighted by Gasteiger charge is -2.37.